The summed E-state index contributed by atoms with van der Waals surface area (Å²) in [6.45, 7) is 3.99. The van der Waals surface area contributed by atoms with E-state index in [2.05, 4.69) is 6.92 Å². The largest absolute Gasteiger partial charge is 0.481 e. The van der Waals surface area contributed by atoms with Crippen molar-refractivity contribution in [3.63, 3.8) is 0 Å². The van der Waals surface area contributed by atoms with Gasteiger partial charge in [0.25, 0.3) is 0 Å². The third-order valence-corrected chi connectivity index (χ3v) is 3.16. The van der Waals surface area contributed by atoms with Crippen molar-refractivity contribution in [1.29, 1.82) is 0 Å². The van der Waals surface area contributed by atoms with Crippen molar-refractivity contribution in [3.8, 4) is 0 Å². The number of unbranched alkanes of at least 4 members (excludes halogenated alkanes) is 2. The second kappa shape index (κ2) is 9.02. The topological polar surface area (TPSA) is 74.6 Å². The lowest BCUT2D eigenvalue weighted by Crippen LogP contribution is -2.19. The van der Waals surface area contributed by atoms with Gasteiger partial charge < -0.3 is 10.2 Å². The van der Waals surface area contributed by atoms with Crippen LogP contribution in [-0.4, -0.2) is 22.2 Å². The second-order valence-electron chi connectivity index (χ2n) is 4.64. The van der Waals surface area contributed by atoms with Gasteiger partial charge in [0.2, 0.25) is 0 Å². The molecule has 0 radical (unpaired) electrons. The van der Waals surface area contributed by atoms with E-state index >= 15 is 0 Å². The molecule has 0 aromatic heterocycles. The van der Waals surface area contributed by atoms with Crippen LogP contribution in [0.4, 0.5) is 0 Å². The van der Waals surface area contributed by atoms with Crippen molar-refractivity contribution in [3.05, 3.63) is 0 Å². The fraction of sp³-hybridized carbons (Fsp3) is 0.846. The van der Waals surface area contributed by atoms with Gasteiger partial charge >= 0.3 is 11.9 Å². The van der Waals surface area contributed by atoms with Gasteiger partial charge in [-0.3, -0.25) is 9.59 Å². The summed E-state index contributed by atoms with van der Waals surface area (Å²) >= 11 is 0. The SMILES string of the molecule is CCCCCC(CC(CC)CC(=O)O)C(=O)O. The number of rotatable bonds is 10. The highest BCUT2D eigenvalue weighted by Gasteiger charge is 2.22. The minimum Gasteiger partial charge on any atom is -0.481 e. The van der Waals surface area contributed by atoms with Crippen molar-refractivity contribution in [1.82, 2.24) is 0 Å². The van der Waals surface area contributed by atoms with Crippen LogP contribution in [0.5, 0.6) is 0 Å². The Hall–Kier alpha value is -1.06. The molecule has 0 amide bonds. The Morgan fingerprint density at radius 3 is 2.18 bits per heavy atom. The van der Waals surface area contributed by atoms with Crippen LogP contribution in [0.3, 0.4) is 0 Å². The summed E-state index contributed by atoms with van der Waals surface area (Å²) in [5.41, 5.74) is 0. The van der Waals surface area contributed by atoms with E-state index in [1.165, 1.54) is 0 Å². The molecular formula is C13H24O4. The number of carboxylic acid groups (broad SMARTS) is 2. The van der Waals surface area contributed by atoms with Crippen LogP contribution in [0, 0.1) is 11.8 Å². The molecule has 4 nitrogen and oxygen atoms in total. The summed E-state index contributed by atoms with van der Waals surface area (Å²) < 4.78 is 0. The molecule has 0 saturated carbocycles. The van der Waals surface area contributed by atoms with Crippen molar-refractivity contribution < 1.29 is 19.8 Å². The van der Waals surface area contributed by atoms with Crippen LogP contribution in [0.1, 0.15) is 58.8 Å². The van der Waals surface area contributed by atoms with Crippen LogP contribution in [0.15, 0.2) is 0 Å². The quantitative estimate of drug-likeness (QED) is 0.579. The molecule has 0 spiro atoms. The van der Waals surface area contributed by atoms with Crippen molar-refractivity contribution in [2.75, 3.05) is 0 Å². The van der Waals surface area contributed by atoms with Crippen molar-refractivity contribution in [2.24, 2.45) is 11.8 Å². The van der Waals surface area contributed by atoms with Gasteiger partial charge in [-0.1, -0.05) is 39.5 Å². The van der Waals surface area contributed by atoms with Crippen LogP contribution < -0.4 is 0 Å². The normalized spacial score (nSPS) is 14.2. The lowest BCUT2D eigenvalue weighted by molar-refractivity contribution is -0.144. The van der Waals surface area contributed by atoms with Crippen molar-refractivity contribution >= 4 is 11.9 Å². The van der Waals surface area contributed by atoms with Crippen LogP contribution >= 0.6 is 0 Å². The maximum atomic E-state index is 11.1. The minimum atomic E-state index is -0.838. The van der Waals surface area contributed by atoms with E-state index in [0.717, 1.165) is 25.7 Å². The molecule has 2 atom stereocenters. The number of hydrogen-bond donors (Lipinski definition) is 2. The van der Waals surface area contributed by atoms with E-state index in [0.29, 0.717) is 12.8 Å². The summed E-state index contributed by atoms with van der Waals surface area (Å²) in [6, 6.07) is 0. The van der Waals surface area contributed by atoms with Gasteiger partial charge in [0.1, 0.15) is 0 Å². The summed E-state index contributed by atoms with van der Waals surface area (Å²) in [6.07, 6.45) is 4.98. The predicted molar refractivity (Wildman–Crippen MR) is 65.9 cm³/mol. The average molecular weight is 244 g/mol. The van der Waals surface area contributed by atoms with E-state index in [-0.39, 0.29) is 18.3 Å². The minimum absolute atomic E-state index is 0.0183. The predicted octanol–water partition coefficient (Wildman–Crippen LogP) is 3.16. The fourth-order valence-corrected chi connectivity index (χ4v) is 2.03. The molecule has 0 aliphatic rings. The molecule has 2 N–H and O–H groups in total. The Morgan fingerprint density at radius 2 is 1.76 bits per heavy atom. The summed E-state index contributed by atoms with van der Waals surface area (Å²) in [5, 5.41) is 17.8. The summed E-state index contributed by atoms with van der Waals surface area (Å²) in [4.78, 5) is 21.7. The van der Waals surface area contributed by atoms with Gasteiger partial charge in [-0.25, -0.2) is 0 Å². The van der Waals surface area contributed by atoms with E-state index in [1.54, 1.807) is 0 Å². The highest BCUT2D eigenvalue weighted by atomic mass is 16.4. The van der Waals surface area contributed by atoms with E-state index in [4.69, 9.17) is 10.2 Å². The van der Waals surface area contributed by atoms with Gasteiger partial charge in [0.15, 0.2) is 0 Å². The monoisotopic (exact) mass is 244 g/mol. The zero-order chi connectivity index (χ0) is 13.3. The smallest absolute Gasteiger partial charge is 0.306 e. The maximum absolute atomic E-state index is 11.1. The molecule has 2 unspecified atom stereocenters. The molecular weight excluding hydrogens is 220 g/mol. The molecule has 100 valence electrons. The zero-order valence-corrected chi connectivity index (χ0v) is 10.8. The first-order chi connectivity index (χ1) is 8.01. The van der Waals surface area contributed by atoms with E-state index in [9.17, 15) is 9.59 Å². The van der Waals surface area contributed by atoms with Crippen LogP contribution in [0.25, 0.3) is 0 Å². The van der Waals surface area contributed by atoms with Crippen LogP contribution in [-0.2, 0) is 9.59 Å². The molecule has 0 heterocycles. The van der Waals surface area contributed by atoms with Gasteiger partial charge in [0.05, 0.1) is 5.92 Å². The molecule has 0 fully saturated rings. The van der Waals surface area contributed by atoms with Gasteiger partial charge in [-0.15, -0.1) is 0 Å². The Bertz CT molecular complexity index is 238. The molecule has 0 aliphatic carbocycles. The molecule has 0 aliphatic heterocycles. The highest BCUT2D eigenvalue weighted by molar-refractivity contribution is 5.70. The Kier molecular flexibility index (Phi) is 8.46. The number of hydrogen-bond acceptors (Lipinski definition) is 2. The highest BCUT2D eigenvalue weighted by Crippen LogP contribution is 2.23. The third kappa shape index (κ3) is 7.77. The second-order valence-corrected chi connectivity index (χ2v) is 4.64. The molecule has 0 saturated heterocycles. The fourth-order valence-electron chi connectivity index (χ4n) is 2.03. The van der Waals surface area contributed by atoms with Gasteiger partial charge in [0, 0.05) is 6.42 Å². The number of carboxylic acids is 2. The zero-order valence-electron chi connectivity index (χ0n) is 10.8. The van der Waals surface area contributed by atoms with Gasteiger partial charge in [-0.05, 0) is 18.8 Å². The first-order valence-electron chi connectivity index (χ1n) is 6.45. The van der Waals surface area contributed by atoms with E-state index in [1.807, 2.05) is 6.92 Å². The Balaban J connectivity index is 4.20. The average Bonchev–Trinajstić information content (AvgIpc) is 2.25. The molecule has 0 rings (SSSR count). The van der Waals surface area contributed by atoms with Gasteiger partial charge in [-0.2, -0.15) is 0 Å². The number of carbonyl (C=O) groups is 2. The first-order valence-corrected chi connectivity index (χ1v) is 6.45. The summed E-state index contributed by atoms with van der Waals surface area (Å²) in [7, 11) is 0. The Morgan fingerprint density at radius 1 is 1.12 bits per heavy atom. The summed E-state index contributed by atoms with van der Waals surface area (Å²) in [5.74, 6) is -2.03. The lowest BCUT2D eigenvalue weighted by Gasteiger charge is -2.18. The lowest BCUT2D eigenvalue weighted by atomic mass is 9.87. The maximum Gasteiger partial charge on any atom is 0.306 e. The Labute approximate surface area is 103 Å². The number of aliphatic carboxylic acids is 2. The standard InChI is InChI=1S/C13H24O4/c1-3-5-6-7-11(13(16)17)8-10(4-2)9-12(14)15/h10-11H,3-9H2,1-2H3,(H,14,15)(H,16,17). The van der Waals surface area contributed by atoms with Crippen molar-refractivity contribution in [2.45, 2.75) is 58.8 Å². The van der Waals surface area contributed by atoms with E-state index < -0.39 is 11.9 Å². The molecule has 0 bridgehead atoms. The molecule has 0 aromatic carbocycles. The first kappa shape index (κ1) is 15.9. The molecule has 17 heavy (non-hydrogen) atoms. The van der Waals surface area contributed by atoms with Crippen LogP contribution in [0.2, 0.25) is 0 Å². The molecule has 0 aromatic rings. The molecule has 4 heteroatoms. The third-order valence-electron chi connectivity index (χ3n) is 3.16.